The standard InChI is InChI=1S/C17H16ClF3N2S/c18-12-4-6-13(7-5-12)24-22-16-3-1-2-15(19)14(16)10-23-9-8-17(20,21)11-23/h1-7,22H,8-11H2. The first-order chi connectivity index (χ1) is 11.4. The van der Waals surface area contributed by atoms with Crippen molar-refractivity contribution in [1.29, 1.82) is 0 Å². The van der Waals surface area contributed by atoms with E-state index in [0.717, 1.165) is 4.90 Å². The van der Waals surface area contributed by atoms with E-state index in [1.165, 1.54) is 18.0 Å². The number of likely N-dealkylation sites (tertiary alicyclic amines) is 1. The minimum Gasteiger partial charge on any atom is -0.325 e. The number of benzene rings is 2. The van der Waals surface area contributed by atoms with Crippen molar-refractivity contribution in [3.05, 3.63) is 58.9 Å². The lowest BCUT2D eigenvalue weighted by Crippen LogP contribution is -2.25. The Hall–Kier alpha value is -1.37. The van der Waals surface area contributed by atoms with Gasteiger partial charge in [0.25, 0.3) is 5.92 Å². The van der Waals surface area contributed by atoms with E-state index in [1.807, 2.05) is 12.1 Å². The number of nitrogens with zero attached hydrogens (tertiary/aromatic N) is 1. The SMILES string of the molecule is Fc1cccc(NSc2ccc(Cl)cc2)c1CN1CCC(F)(F)C1. The Morgan fingerprint density at radius 3 is 2.58 bits per heavy atom. The van der Waals surface area contributed by atoms with Gasteiger partial charge in [-0.3, -0.25) is 4.90 Å². The number of hydrogen-bond acceptors (Lipinski definition) is 3. The second-order valence-electron chi connectivity index (χ2n) is 5.74. The molecule has 128 valence electrons. The highest BCUT2D eigenvalue weighted by Gasteiger charge is 2.38. The van der Waals surface area contributed by atoms with Crippen molar-refractivity contribution in [3.8, 4) is 0 Å². The van der Waals surface area contributed by atoms with Gasteiger partial charge in [0, 0.05) is 35.0 Å². The van der Waals surface area contributed by atoms with Crippen LogP contribution in [0.3, 0.4) is 0 Å². The summed E-state index contributed by atoms with van der Waals surface area (Å²) in [4.78, 5) is 2.50. The Morgan fingerprint density at radius 2 is 1.92 bits per heavy atom. The molecule has 2 nitrogen and oxygen atoms in total. The molecule has 0 aromatic heterocycles. The molecule has 0 atom stereocenters. The van der Waals surface area contributed by atoms with E-state index in [4.69, 9.17) is 11.6 Å². The topological polar surface area (TPSA) is 15.3 Å². The Kier molecular flexibility index (Phi) is 5.27. The monoisotopic (exact) mass is 372 g/mol. The summed E-state index contributed by atoms with van der Waals surface area (Å²) in [6.07, 6.45) is -0.177. The normalized spacial score (nSPS) is 17.2. The first-order valence-corrected chi connectivity index (χ1v) is 8.68. The molecule has 0 unspecified atom stereocenters. The van der Waals surface area contributed by atoms with Gasteiger partial charge < -0.3 is 4.72 Å². The van der Waals surface area contributed by atoms with Crippen molar-refractivity contribution in [2.24, 2.45) is 0 Å². The first-order valence-electron chi connectivity index (χ1n) is 7.49. The van der Waals surface area contributed by atoms with Crippen LogP contribution in [0.15, 0.2) is 47.4 Å². The molecule has 0 saturated carbocycles. The molecule has 24 heavy (non-hydrogen) atoms. The fourth-order valence-corrected chi connectivity index (χ4v) is 3.41. The van der Waals surface area contributed by atoms with Crippen LogP contribution in [0.1, 0.15) is 12.0 Å². The summed E-state index contributed by atoms with van der Waals surface area (Å²) in [5.41, 5.74) is 0.988. The highest BCUT2D eigenvalue weighted by molar-refractivity contribution is 8.00. The number of anilines is 1. The molecule has 1 N–H and O–H groups in total. The van der Waals surface area contributed by atoms with E-state index < -0.39 is 11.7 Å². The average Bonchev–Trinajstić information content (AvgIpc) is 2.88. The van der Waals surface area contributed by atoms with Crippen molar-refractivity contribution >= 4 is 29.2 Å². The maximum atomic E-state index is 14.2. The third-order valence-electron chi connectivity index (χ3n) is 3.84. The summed E-state index contributed by atoms with van der Waals surface area (Å²) in [6.45, 7) is 0.0992. The van der Waals surface area contributed by atoms with Crippen molar-refractivity contribution in [2.45, 2.75) is 23.8 Å². The second kappa shape index (κ2) is 7.25. The number of rotatable bonds is 5. The Morgan fingerprint density at radius 1 is 1.17 bits per heavy atom. The Labute approximate surface area is 148 Å². The van der Waals surface area contributed by atoms with Gasteiger partial charge in [-0.15, -0.1) is 0 Å². The van der Waals surface area contributed by atoms with Crippen molar-refractivity contribution in [2.75, 3.05) is 17.8 Å². The van der Waals surface area contributed by atoms with E-state index in [1.54, 1.807) is 29.2 Å². The fourth-order valence-electron chi connectivity index (χ4n) is 2.60. The first kappa shape index (κ1) is 17.5. The highest BCUT2D eigenvalue weighted by Crippen LogP contribution is 2.31. The maximum Gasteiger partial charge on any atom is 0.261 e. The predicted octanol–water partition coefficient (Wildman–Crippen LogP) is 5.44. The molecule has 1 saturated heterocycles. The molecule has 0 spiro atoms. The van der Waals surface area contributed by atoms with Crippen molar-refractivity contribution < 1.29 is 13.2 Å². The smallest absolute Gasteiger partial charge is 0.261 e. The van der Waals surface area contributed by atoms with Gasteiger partial charge in [-0.05, 0) is 48.3 Å². The second-order valence-corrected chi connectivity index (χ2v) is 7.06. The molecule has 0 bridgehead atoms. The van der Waals surface area contributed by atoms with Crippen molar-refractivity contribution in [1.82, 2.24) is 4.90 Å². The van der Waals surface area contributed by atoms with E-state index >= 15 is 0 Å². The lowest BCUT2D eigenvalue weighted by Gasteiger charge is -2.19. The molecule has 0 aliphatic carbocycles. The highest BCUT2D eigenvalue weighted by atomic mass is 35.5. The lowest BCUT2D eigenvalue weighted by molar-refractivity contribution is 0.0114. The third-order valence-corrected chi connectivity index (χ3v) is 4.92. The maximum absolute atomic E-state index is 14.2. The minimum atomic E-state index is -2.68. The molecule has 2 aromatic carbocycles. The quantitative estimate of drug-likeness (QED) is 0.703. The average molecular weight is 373 g/mol. The number of halogens is 4. The zero-order valence-electron chi connectivity index (χ0n) is 12.7. The van der Waals surface area contributed by atoms with Gasteiger partial charge in [0.05, 0.1) is 12.2 Å². The van der Waals surface area contributed by atoms with Crippen LogP contribution < -0.4 is 4.72 Å². The molecule has 0 radical (unpaired) electrons. The van der Waals surface area contributed by atoms with Crippen LogP contribution in [0.25, 0.3) is 0 Å². The predicted molar refractivity (Wildman–Crippen MR) is 92.2 cm³/mol. The minimum absolute atomic E-state index is 0.159. The molecule has 1 aliphatic heterocycles. The largest absolute Gasteiger partial charge is 0.325 e. The number of hydrogen-bond donors (Lipinski definition) is 1. The van der Waals surface area contributed by atoms with Crippen LogP contribution in [0.2, 0.25) is 5.02 Å². The van der Waals surface area contributed by atoms with Gasteiger partial charge in [0.1, 0.15) is 5.82 Å². The van der Waals surface area contributed by atoms with Crippen LogP contribution in [-0.4, -0.2) is 23.9 Å². The summed E-state index contributed by atoms with van der Waals surface area (Å²) in [7, 11) is 0. The molecule has 7 heteroatoms. The summed E-state index contributed by atoms with van der Waals surface area (Å²) >= 11 is 7.17. The zero-order chi connectivity index (χ0) is 17.2. The summed E-state index contributed by atoms with van der Waals surface area (Å²) in [5.74, 6) is -3.08. The van der Waals surface area contributed by atoms with E-state index in [0.29, 0.717) is 16.3 Å². The van der Waals surface area contributed by atoms with Gasteiger partial charge in [-0.2, -0.15) is 0 Å². The van der Waals surface area contributed by atoms with Crippen LogP contribution in [-0.2, 0) is 6.54 Å². The molecule has 1 aliphatic rings. The van der Waals surface area contributed by atoms with Gasteiger partial charge in [-0.1, -0.05) is 17.7 Å². The van der Waals surface area contributed by atoms with Crippen LogP contribution in [0.5, 0.6) is 0 Å². The van der Waals surface area contributed by atoms with Crippen LogP contribution in [0, 0.1) is 5.82 Å². The molecular formula is C17H16ClF3N2S. The summed E-state index contributed by atoms with van der Waals surface area (Å²) < 4.78 is 44.0. The number of nitrogens with one attached hydrogen (secondary N) is 1. The van der Waals surface area contributed by atoms with Crippen LogP contribution in [0.4, 0.5) is 18.9 Å². The molecule has 1 heterocycles. The summed E-state index contributed by atoms with van der Waals surface area (Å²) in [6, 6.07) is 11.9. The zero-order valence-corrected chi connectivity index (χ0v) is 14.3. The van der Waals surface area contributed by atoms with Crippen molar-refractivity contribution in [3.63, 3.8) is 0 Å². The van der Waals surface area contributed by atoms with Gasteiger partial charge in [0.15, 0.2) is 0 Å². The molecular weight excluding hydrogens is 357 g/mol. The Bertz CT molecular complexity index is 709. The summed E-state index contributed by atoms with van der Waals surface area (Å²) in [5, 5.41) is 0.640. The van der Waals surface area contributed by atoms with Gasteiger partial charge >= 0.3 is 0 Å². The van der Waals surface area contributed by atoms with Crippen LogP contribution >= 0.6 is 23.5 Å². The molecule has 2 aromatic rings. The molecule has 1 fully saturated rings. The van der Waals surface area contributed by atoms with Gasteiger partial charge in [0.2, 0.25) is 0 Å². The fraction of sp³-hybridized carbons (Fsp3) is 0.294. The lowest BCUT2D eigenvalue weighted by atomic mass is 10.1. The Balaban J connectivity index is 1.71. The molecule has 3 rings (SSSR count). The van der Waals surface area contributed by atoms with E-state index in [-0.39, 0.29) is 26.1 Å². The van der Waals surface area contributed by atoms with E-state index in [2.05, 4.69) is 4.72 Å². The third kappa shape index (κ3) is 4.37. The molecule has 0 amide bonds. The van der Waals surface area contributed by atoms with E-state index in [9.17, 15) is 13.2 Å². The van der Waals surface area contributed by atoms with Gasteiger partial charge in [-0.25, -0.2) is 13.2 Å². The number of alkyl halides is 2.